The van der Waals surface area contributed by atoms with Crippen molar-refractivity contribution in [1.29, 1.82) is 0 Å². The van der Waals surface area contributed by atoms with Crippen LogP contribution in [-0.2, 0) is 4.74 Å². The van der Waals surface area contributed by atoms with Gasteiger partial charge in [-0.15, -0.1) is 0 Å². The molecule has 1 saturated heterocycles. The predicted molar refractivity (Wildman–Crippen MR) is 37.1 cm³/mol. The van der Waals surface area contributed by atoms with Gasteiger partial charge >= 0.3 is 0 Å². The van der Waals surface area contributed by atoms with Crippen LogP contribution >= 0.6 is 0 Å². The van der Waals surface area contributed by atoms with Crippen LogP contribution in [0.3, 0.4) is 0 Å². The SMILES string of the molecule is [CH]C(CC)C1CCCO1. The molecule has 0 N–H and O–H groups in total. The molecule has 0 aromatic rings. The summed E-state index contributed by atoms with van der Waals surface area (Å²) in [7, 11) is 0. The molecule has 2 unspecified atom stereocenters. The van der Waals surface area contributed by atoms with Crippen LogP contribution in [-0.4, -0.2) is 12.7 Å². The van der Waals surface area contributed by atoms with E-state index >= 15 is 0 Å². The summed E-state index contributed by atoms with van der Waals surface area (Å²) < 4.78 is 5.38. The molecule has 9 heavy (non-hydrogen) atoms. The van der Waals surface area contributed by atoms with Gasteiger partial charge in [0.1, 0.15) is 0 Å². The molecule has 0 aromatic carbocycles. The van der Waals surface area contributed by atoms with E-state index < -0.39 is 0 Å². The second kappa shape index (κ2) is 3.21. The van der Waals surface area contributed by atoms with Crippen molar-refractivity contribution in [3.63, 3.8) is 0 Å². The van der Waals surface area contributed by atoms with Crippen LogP contribution in [0.5, 0.6) is 0 Å². The van der Waals surface area contributed by atoms with Gasteiger partial charge in [-0.3, -0.25) is 0 Å². The van der Waals surface area contributed by atoms with Crippen LogP contribution in [0.25, 0.3) is 0 Å². The molecule has 0 spiro atoms. The van der Waals surface area contributed by atoms with E-state index in [9.17, 15) is 0 Å². The van der Waals surface area contributed by atoms with Gasteiger partial charge in [-0.05, 0) is 25.7 Å². The largest absolute Gasteiger partial charge is 0.378 e. The third kappa shape index (κ3) is 1.68. The molecule has 0 saturated carbocycles. The molecule has 0 bridgehead atoms. The highest BCUT2D eigenvalue weighted by Gasteiger charge is 2.20. The minimum atomic E-state index is 0.271. The van der Waals surface area contributed by atoms with Crippen LogP contribution in [0.2, 0.25) is 0 Å². The predicted octanol–water partition coefficient (Wildman–Crippen LogP) is 1.90. The number of hydrogen-bond donors (Lipinski definition) is 0. The summed E-state index contributed by atoms with van der Waals surface area (Å²) in [6.07, 6.45) is 3.74. The third-order valence-corrected chi connectivity index (χ3v) is 1.91. The van der Waals surface area contributed by atoms with Gasteiger partial charge in [0.15, 0.2) is 0 Å². The average molecular weight is 126 g/mol. The van der Waals surface area contributed by atoms with Gasteiger partial charge in [-0.25, -0.2) is 0 Å². The molecule has 1 rings (SSSR count). The first-order valence-electron chi connectivity index (χ1n) is 3.71. The Hall–Kier alpha value is -0.0400. The van der Waals surface area contributed by atoms with E-state index in [-0.39, 0.29) is 5.92 Å². The van der Waals surface area contributed by atoms with Crippen molar-refractivity contribution >= 4 is 0 Å². The Morgan fingerprint density at radius 2 is 2.56 bits per heavy atom. The molecule has 1 nitrogen and oxygen atoms in total. The Labute approximate surface area is 57.4 Å². The van der Waals surface area contributed by atoms with Crippen molar-refractivity contribution in [2.45, 2.75) is 32.3 Å². The monoisotopic (exact) mass is 126 g/mol. The quantitative estimate of drug-likeness (QED) is 0.549. The van der Waals surface area contributed by atoms with Crippen LogP contribution in [0.15, 0.2) is 0 Å². The van der Waals surface area contributed by atoms with E-state index in [1.807, 2.05) is 0 Å². The van der Waals surface area contributed by atoms with E-state index in [2.05, 4.69) is 6.92 Å². The first-order chi connectivity index (χ1) is 4.34. The summed E-state index contributed by atoms with van der Waals surface area (Å²) in [5.74, 6) is 0.271. The van der Waals surface area contributed by atoms with E-state index in [1.165, 1.54) is 6.42 Å². The van der Waals surface area contributed by atoms with E-state index in [1.54, 1.807) is 0 Å². The maximum Gasteiger partial charge on any atom is 0.0606 e. The van der Waals surface area contributed by atoms with E-state index in [0.717, 1.165) is 19.4 Å². The van der Waals surface area contributed by atoms with Gasteiger partial charge in [0.2, 0.25) is 0 Å². The highest BCUT2D eigenvalue weighted by molar-refractivity contribution is 4.74. The zero-order valence-electron chi connectivity index (χ0n) is 5.97. The maximum absolute atomic E-state index is 5.75. The molecule has 1 heteroatoms. The van der Waals surface area contributed by atoms with Crippen molar-refractivity contribution < 1.29 is 4.74 Å². The third-order valence-electron chi connectivity index (χ3n) is 1.91. The summed E-state index contributed by atoms with van der Waals surface area (Å²) >= 11 is 0. The second-order valence-corrected chi connectivity index (χ2v) is 2.62. The minimum Gasteiger partial charge on any atom is -0.378 e. The standard InChI is InChI=1S/C8H14O/c1-3-7(2)8-5-4-6-9-8/h2,7-8H,3-6H2,1H3. The Morgan fingerprint density at radius 3 is 3.00 bits per heavy atom. The van der Waals surface area contributed by atoms with Gasteiger partial charge in [0.25, 0.3) is 0 Å². The zero-order chi connectivity index (χ0) is 6.69. The first-order valence-corrected chi connectivity index (χ1v) is 3.71. The Bertz CT molecular complexity index is 74.6. The van der Waals surface area contributed by atoms with Crippen LogP contribution in [0.4, 0.5) is 0 Å². The number of rotatable bonds is 2. The molecular formula is C8H14O. The molecule has 0 aromatic heterocycles. The van der Waals surface area contributed by atoms with Crippen molar-refractivity contribution in [1.82, 2.24) is 0 Å². The van der Waals surface area contributed by atoms with Gasteiger partial charge in [0.05, 0.1) is 6.10 Å². The summed E-state index contributed by atoms with van der Waals surface area (Å²) in [5.41, 5.74) is 0. The molecule has 2 atom stereocenters. The fourth-order valence-corrected chi connectivity index (χ4v) is 1.20. The summed E-state index contributed by atoms with van der Waals surface area (Å²) in [6, 6.07) is 0. The molecule has 1 aliphatic rings. The molecule has 1 fully saturated rings. The lowest BCUT2D eigenvalue weighted by Gasteiger charge is -2.15. The van der Waals surface area contributed by atoms with Crippen LogP contribution in [0.1, 0.15) is 26.2 Å². The average Bonchev–Trinajstić information content (AvgIpc) is 2.37. The fraction of sp³-hybridized carbons (Fsp3) is 0.875. The van der Waals surface area contributed by atoms with Crippen molar-refractivity contribution in [3.05, 3.63) is 6.92 Å². The van der Waals surface area contributed by atoms with E-state index in [4.69, 9.17) is 11.7 Å². The minimum absolute atomic E-state index is 0.271. The summed E-state index contributed by atoms with van der Waals surface area (Å²) in [5, 5.41) is 0. The van der Waals surface area contributed by atoms with Gasteiger partial charge in [-0.2, -0.15) is 0 Å². The smallest absolute Gasteiger partial charge is 0.0606 e. The molecule has 0 aliphatic carbocycles. The molecule has 0 amide bonds. The van der Waals surface area contributed by atoms with Gasteiger partial charge < -0.3 is 4.74 Å². The molecule has 1 aliphatic heterocycles. The second-order valence-electron chi connectivity index (χ2n) is 2.62. The zero-order valence-corrected chi connectivity index (χ0v) is 5.97. The summed E-state index contributed by atoms with van der Waals surface area (Å²) in [4.78, 5) is 0. The van der Waals surface area contributed by atoms with Crippen molar-refractivity contribution in [2.75, 3.05) is 6.61 Å². The normalized spacial score (nSPS) is 30.7. The maximum atomic E-state index is 5.75. The first kappa shape index (κ1) is 7.07. The van der Waals surface area contributed by atoms with Gasteiger partial charge in [-0.1, -0.05) is 13.3 Å². The lowest BCUT2D eigenvalue weighted by atomic mass is 10.00. The summed E-state index contributed by atoms with van der Waals surface area (Å²) in [6.45, 7) is 8.77. The molecule has 1 heterocycles. The van der Waals surface area contributed by atoms with Crippen LogP contribution < -0.4 is 0 Å². The highest BCUT2D eigenvalue weighted by Crippen LogP contribution is 2.21. The Kier molecular flexibility index (Phi) is 2.52. The van der Waals surface area contributed by atoms with Crippen molar-refractivity contribution in [3.8, 4) is 0 Å². The van der Waals surface area contributed by atoms with Crippen molar-refractivity contribution in [2.24, 2.45) is 5.92 Å². The van der Waals surface area contributed by atoms with E-state index in [0.29, 0.717) is 6.10 Å². The van der Waals surface area contributed by atoms with Gasteiger partial charge in [0, 0.05) is 6.61 Å². The molecule has 2 radical (unpaired) electrons. The Morgan fingerprint density at radius 1 is 1.78 bits per heavy atom. The Balaban J connectivity index is 2.24. The highest BCUT2D eigenvalue weighted by atomic mass is 16.5. The number of ether oxygens (including phenoxy) is 1. The number of hydrogen-bond acceptors (Lipinski definition) is 1. The topological polar surface area (TPSA) is 9.23 Å². The van der Waals surface area contributed by atoms with Crippen LogP contribution in [0, 0.1) is 12.8 Å². The lowest BCUT2D eigenvalue weighted by molar-refractivity contribution is 0.0769. The molecule has 52 valence electrons. The fourth-order valence-electron chi connectivity index (χ4n) is 1.20. The lowest BCUT2D eigenvalue weighted by Crippen LogP contribution is -2.15. The molecular weight excluding hydrogens is 112 g/mol.